The lowest BCUT2D eigenvalue weighted by Crippen LogP contribution is -1.93. The fraction of sp³-hybridized carbons (Fsp3) is 0.0526. The average molecular weight is 503 g/mol. The van der Waals surface area contributed by atoms with E-state index in [9.17, 15) is 0 Å². The number of hydrogen-bond donors (Lipinski definition) is 0. The fourth-order valence-corrected chi connectivity index (χ4v) is 4.98. The topological polar surface area (TPSA) is 9.23 Å². The monoisotopic (exact) mass is 502 g/mol. The molecule has 1 heteroatoms. The van der Waals surface area contributed by atoms with Crippen LogP contribution in [-0.2, 0) is 0 Å². The zero-order valence-corrected chi connectivity index (χ0v) is 22.3. The highest BCUT2D eigenvalue weighted by atomic mass is 16.5. The highest BCUT2D eigenvalue weighted by Gasteiger charge is 2.13. The van der Waals surface area contributed by atoms with E-state index in [2.05, 4.69) is 147 Å². The third-order valence-corrected chi connectivity index (χ3v) is 7.10. The molecular weight excluding hydrogens is 472 g/mol. The second kappa shape index (κ2) is 10.8. The third kappa shape index (κ3) is 5.39. The summed E-state index contributed by atoms with van der Waals surface area (Å²) in [6.07, 6.45) is 0. The minimum absolute atomic E-state index is 0.846. The fourth-order valence-electron chi connectivity index (χ4n) is 4.98. The normalized spacial score (nSPS) is 10.8. The van der Waals surface area contributed by atoms with Crippen molar-refractivity contribution in [3.63, 3.8) is 0 Å². The van der Waals surface area contributed by atoms with Gasteiger partial charge in [-0.3, -0.25) is 0 Å². The molecule has 0 aliphatic heterocycles. The van der Waals surface area contributed by atoms with Gasteiger partial charge in [0, 0.05) is 11.1 Å². The van der Waals surface area contributed by atoms with Gasteiger partial charge in [-0.15, -0.1) is 0 Å². The Hall–Kier alpha value is -4.88. The van der Waals surface area contributed by atoms with Gasteiger partial charge in [-0.25, -0.2) is 0 Å². The summed E-state index contributed by atoms with van der Waals surface area (Å²) in [5, 5.41) is 0. The van der Waals surface area contributed by atoms with Crippen LogP contribution in [0.5, 0.6) is 11.5 Å². The molecule has 6 aromatic carbocycles. The van der Waals surface area contributed by atoms with Crippen molar-refractivity contribution in [1.29, 1.82) is 0 Å². The molecule has 0 saturated heterocycles. The van der Waals surface area contributed by atoms with Crippen molar-refractivity contribution in [1.82, 2.24) is 0 Å². The lowest BCUT2D eigenvalue weighted by atomic mass is 9.98. The van der Waals surface area contributed by atoms with Crippen LogP contribution >= 0.6 is 0 Å². The lowest BCUT2D eigenvalue weighted by molar-refractivity contribution is 0.486. The molecule has 0 N–H and O–H groups in total. The second-order valence-electron chi connectivity index (χ2n) is 9.99. The van der Waals surface area contributed by atoms with E-state index in [1.807, 2.05) is 12.1 Å². The molecular formula is C38H30O. The summed E-state index contributed by atoms with van der Waals surface area (Å²) in [4.78, 5) is 0. The molecule has 0 aliphatic carbocycles. The van der Waals surface area contributed by atoms with Crippen molar-refractivity contribution in [2.24, 2.45) is 0 Å². The summed E-state index contributed by atoms with van der Waals surface area (Å²) in [6, 6.07) is 51.2. The molecule has 0 fully saturated rings. The van der Waals surface area contributed by atoms with Crippen LogP contribution in [-0.4, -0.2) is 0 Å². The first-order valence-corrected chi connectivity index (χ1v) is 13.3. The molecule has 0 unspecified atom stereocenters. The smallest absolute Gasteiger partial charge is 0.135 e. The molecule has 6 aromatic rings. The Labute approximate surface area is 231 Å². The van der Waals surface area contributed by atoms with E-state index in [0.29, 0.717) is 0 Å². The molecule has 0 amide bonds. The maximum Gasteiger partial charge on any atom is 0.135 e. The molecule has 0 bridgehead atoms. The van der Waals surface area contributed by atoms with Gasteiger partial charge in [0.15, 0.2) is 0 Å². The maximum absolute atomic E-state index is 6.69. The predicted molar refractivity (Wildman–Crippen MR) is 164 cm³/mol. The quantitative estimate of drug-likeness (QED) is 0.220. The van der Waals surface area contributed by atoms with Gasteiger partial charge < -0.3 is 4.74 Å². The van der Waals surface area contributed by atoms with Gasteiger partial charge in [-0.2, -0.15) is 0 Å². The summed E-state index contributed by atoms with van der Waals surface area (Å²) in [6.45, 7) is 4.24. The molecule has 0 spiro atoms. The highest BCUT2D eigenvalue weighted by Crippen LogP contribution is 2.40. The van der Waals surface area contributed by atoms with Gasteiger partial charge in [-0.05, 0) is 71.5 Å². The number of rotatable bonds is 6. The molecule has 0 aliphatic rings. The van der Waals surface area contributed by atoms with E-state index in [0.717, 1.165) is 33.8 Å². The predicted octanol–water partition coefficient (Wildman–Crippen LogP) is 10.8. The number of hydrogen-bond acceptors (Lipinski definition) is 1. The van der Waals surface area contributed by atoms with Crippen LogP contribution in [0, 0.1) is 13.8 Å². The molecule has 1 nitrogen and oxygen atoms in total. The Morgan fingerprint density at radius 2 is 0.667 bits per heavy atom. The summed E-state index contributed by atoms with van der Waals surface area (Å²) >= 11 is 0. The third-order valence-electron chi connectivity index (χ3n) is 7.10. The van der Waals surface area contributed by atoms with Gasteiger partial charge in [0.25, 0.3) is 0 Å². The summed E-state index contributed by atoms with van der Waals surface area (Å²) < 4.78 is 6.69. The molecule has 0 aromatic heterocycles. The highest BCUT2D eigenvalue weighted by molar-refractivity contribution is 5.78. The van der Waals surface area contributed by atoms with Gasteiger partial charge in [0.1, 0.15) is 11.5 Å². The van der Waals surface area contributed by atoms with E-state index in [1.54, 1.807) is 0 Å². The van der Waals surface area contributed by atoms with E-state index >= 15 is 0 Å². The zero-order chi connectivity index (χ0) is 26.6. The molecule has 0 heterocycles. The van der Waals surface area contributed by atoms with Crippen LogP contribution in [0.25, 0.3) is 44.5 Å². The van der Waals surface area contributed by atoms with Crippen LogP contribution in [0.4, 0.5) is 0 Å². The first-order valence-electron chi connectivity index (χ1n) is 13.3. The first-order chi connectivity index (χ1) is 19.1. The van der Waals surface area contributed by atoms with E-state index in [4.69, 9.17) is 4.74 Å². The van der Waals surface area contributed by atoms with Crippen molar-refractivity contribution in [2.75, 3.05) is 0 Å². The van der Waals surface area contributed by atoms with Gasteiger partial charge in [0.05, 0.1) is 0 Å². The minimum Gasteiger partial charge on any atom is -0.456 e. The van der Waals surface area contributed by atoms with Gasteiger partial charge in [0.2, 0.25) is 0 Å². The maximum atomic E-state index is 6.69. The SMILES string of the molecule is Cc1ccc(Oc2ccc(C)cc2-c2ccc(-c3ccccc3)cc2)c(-c2ccc(-c3ccccc3)cc2)c1. The van der Waals surface area contributed by atoms with Crippen LogP contribution in [0.15, 0.2) is 146 Å². The first kappa shape index (κ1) is 24.5. The Bertz CT molecular complexity index is 1570. The van der Waals surface area contributed by atoms with Crippen LogP contribution in [0.3, 0.4) is 0 Å². The van der Waals surface area contributed by atoms with E-state index in [1.165, 1.54) is 33.4 Å². The van der Waals surface area contributed by atoms with Crippen LogP contribution in [0.2, 0.25) is 0 Å². The van der Waals surface area contributed by atoms with E-state index < -0.39 is 0 Å². The summed E-state index contributed by atoms with van der Waals surface area (Å²) in [7, 11) is 0. The Morgan fingerprint density at radius 3 is 1.05 bits per heavy atom. The van der Waals surface area contributed by atoms with Crippen LogP contribution < -0.4 is 4.74 Å². The van der Waals surface area contributed by atoms with Crippen molar-refractivity contribution < 1.29 is 4.74 Å². The molecule has 188 valence electrons. The van der Waals surface area contributed by atoms with Crippen LogP contribution in [0.1, 0.15) is 11.1 Å². The number of aryl methyl sites for hydroxylation is 2. The molecule has 0 atom stereocenters. The Kier molecular flexibility index (Phi) is 6.80. The molecule has 6 rings (SSSR count). The standard InChI is InChI=1S/C38H30O/c1-27-13-23-37(35(25-27)33-19-15-31(16-20-33)29-9-5-3-6-10-29)39-38-24-14-28(2)26-36(38)34-21-17-32(18-22-34)30-11-7-4-8-12-30/h3-26H,1-2H3. The minimum atomic E-state index is 0.846. The number of ether oxygens (including phenoxy) is 1. The molecule has 0 radical (unpaired) electrons. The van der Waals surface area contributed by atoms with Crippen molar-refractivity contribution in [2.45, 2.75) is 13.8 Å². The summed E-state index contributed by atoms with van der Waals surface area (Å²) in [5.74, 6) is 1.69. The lowest BCUT2D eigenvalue weighted by Gasteiger charge is -2.16. The van der Waals surface area contributed by atoms with E-state index in [-0.39, 0.29) is 0 Å². The Morgan fingerprint density at radius 1 is 0.333 bits per heavy atom. The Balaban J connectivity index is 1.34. The van der Waals surface area contributed by atoms with Gasteiger partial charge in [-0.1, -0.05) is 132 Å². The van der Waals surface area contributed by atoms with Gasteiger partial charge >= 0.3 is 0 Å². The molecule has 0 saturated carbocycles. The largest absolute Gasteiger partial charge is 0.456 e. The number of benzene rings is 6. The molecule has 39 heavy (non-hydrogen) atoms. The second-order valence-corrected chi connectivity index (χ2v) is 9.99. The van der Waals surface area contributed by atoms with Crippen molar-refractivity contribution in [3.8, 4) is 56.0 Å². The average Bonchev–Trinajstić information content (AvgIpc) is 3.00. The van der Waals surface area contributed by atoms with Crippen molar-refractivity contribution >= 4 is 0 Å². The van der Waals surface area contributed by atoms with Crippen molar-refractivity contribution in [3.05, 3.63) is 157 Å². The zero-order valence-electron chi connectivity index (χ0n) is 22.3. The summed E-state index contributed by atoms with van der Waals surface area (Å²) in [5.41, 5.74) is 11.7.